The summed E-state index contributed by atoms with van der Waals surface area (Å²) >= 11 is 11.6. The maximum absolute atomic E-state index is 13.3. The van der Waals surface area contributed by atoms with Gasteiger partial charge in [0.1, 0.15) is 11.6 Å². The summed E-state index contributed by atoms with van der Waals surface area (Å²) < 4.78 is 18.5. The first-order valence-electron chi connectivity index (χ1n) is 9.32. The van der Waals surface area contributed by atoms with Gasteiger partial charge in [-0.3, -0.25) is 9.59 Å². The number of amides is 2. The molecular weight excluding hydrogens is 418 g/mol. The van der Waals surface area contributed by atoms with Crippen LogP contribution in [0.1, 0.15) is 30.4 Å². The number of ether oxygens (including phenoxy) is 1. The lowest BCUT2D eigenvalue weighted by atomic mass is 10.1. The maximum atomic E-state index is 13.3. The Bertz CT molecular complexity index is 907. The van der Waals surface area contributed by atoms with Crippen molar-refractivity contribution in [3.05, 3.63) is 63.4 Å². The van der Waals surface area contributed by atoms with Gasteiger partial charge in [0.15, 0.2) is 6.61 Å². The zero-order valence-corrected chi connectivity index (χ0v) is 17.2. The molecule has 3 rings (SSSR count). The predicted octanol–water partition coefficient (Wildman–Crippen LogP) is 4.34. The Kier molecular flexibility index (Phi) is 7.34. The lowest BCUT2D eigenvalue weighted by molar-refractivity contribution is -0.131. The molecule has 0 saturated carbocycles. The highest BCUT2D eigenvalue weighted by Gasteiger charge is 2.22. The van der Waals surface area contributed by atoms with E-state index in [4.69, 9.17) is 27.9 Å². The van der Waals surface area contributed by atoms with E-state index in [9.17, 15) is 14.0 Å². The van der Waals surface area contributed by atoms with Crippen LogP contribution >= 0.6 is 23.2 Å². The smallest absolute Gasteiger partial charge is 0.257 e. The highest BCUT2D eigenvalue weighted by atomic mass is 35.5. The van der Waals surface area contributed by atoms with E-state index in [-0.39, 0.29) is 29.2 Å². The lowest BCUT2D eigenvalue weighted by Gasteiger charge is -2.15. The van der Waals surface area contributed by atoms with E-state index in [2.05, 4.69) is 5.32 Å². The molecule has 2 aromatic carbocycles. The van der Waals surface area contributed by atoms with E-state index in [1.807, 2.05) is 23.1 Å². The van der Waals surface area contributed by atoms with Crippen molar-refractivity contribution in [3.63, 3.8) is 0 Å². The molecule has 2 amide bonds. The zero-order chi connectivity index (χ0) is 20.8. The Hall–Kier alpha value is -2.31. The molecule has 0 atom stereocenters. The average molecular weight is 439 g/mol. The predicted molar refractivity (Wildman–Crippen MR) is 109 cm³/mol. The minimum Gasteiger partial charge on any atom is -0.484 e. The lowest BCUT2D eigenvalue weighted by Crippen LogP contribution is -2.30. The van der Waals surface area contributed by atoms with Crippen LogP contribution in [0, 0.1) is 5.82 Å². The summed E-state index contributed by atoms with van der Waals surface area (Å²) in [5.41, 5.74) is 2.23. The Morgan fingerprint density at radius 1 is 1.07 bits per heavy atom. The molecule has 0 saturated heterocycles. The van der Waals surface area contributed by atoms with Gasteiger partial charge in [0.25, 0.3) is 5.91 Å². The molecule has 0 aromatic heterocycles. The molecule has 1 heterocycles. The number of hydrogen-bond acceptors (Lipinski definition) is 3. The number of fused-ring (bicyclic) bond motifs is 1. The third kappa shape index (κ3) is 6.08. The van der Waals surface area contributed by atoms with Crippen molar-refractivity contribution in [2.45, 2.75) is 32.4 Å². The number of halogens is 3. The fourth-order valence-electron chi connectivity index (χ4n) is 3.09. The molecule has 8 heteroatoms. The van der Waals surface area contributed by atoms with Crippen LogP contribution in [0.15, 0.2) is 36.4 Å². The van der Waals surface area contributed by atoms with Gasteiger partial charge in [-0.05, 0) is 48.2 Å². The second kappa shape index (κ2) is 9.94. The van der Waals surface area contributed by atoms with Crippen molar-refractivity contribution in [2.75, 3.05) is 13.2 Å². The molecule has 1 N–H and O–H groups in total. The van der Waals surface area contributed by atoms with Crippen molar-refractivity contribution in [1.82, 2.24) is 10.2 Å². The molecule has 0 spiro atoms. The van der Waals surface area contributed by atoms with E-state index >= 15 is 0 Å². The van der Waals surface area contributed by atoms with Crippen LogP contribution in [-0.4, -0.2) is 29.9 Å². The largest absolute Gasteiger partial charge is 0.484 e. The molecule has 1 aliphatic rings. The molecule has 0 fully saturated rings. The number of hydrogen-bond donors (Lipinski definition) is 1. The van der Waals surface area contributed by atoms with Gasteiger partial charge in [-0.1, -0.05) is 29.3 Å². The van der Waals surface area contributed by atoms with Crippen LogP contribution in [0.25, 0.3) is 0 Å². The van der Waals surface area contributed by atoms with Gasteiger partial charge in [0.05, 0.1) is 5.02 Å². The first-order chi connectivity index (χ1) is 13.9. The summed E-state index contributed by atoms with van der Waals surface area (Å²) in [7, 11) is 0. The van der Waals surface area contributed by atoms with Gasteiger partial charge in [0.2, 0.25) is 5.91 Å². The number of rotatable bonds is 8. The minimum atomic E-state index is -0.599. The third-order valence-electron chi connectivity index (χ3n) is 4.64. The van der Waals surface area contributed by atoms with Crippen LogP contribution in [-0.2, 0) is 22.7 Å². The summed E-state index contributed by atoms with van der Waals surface area (Å²) in [5.74, 6) is -0.575. The summed E-state index contributed by atoms with van der Waals surface area (Å²) in [6.07, 6.45) is 1.79. The molecule has 1 aliphatic heterocycles. The number of carbonyl (C=O) groups is 2. The fraction of sp³-hybridized carbons (Fsp3) is 0.333. The van der Waals surface area contributed by atoms with Crippen LogP contribution in [0.2, 0.25) is 10.0 Å². The van der Waals surface area contributed by atoms with Crippen molar-refractivity contribution in [2.24, 2.45) is 0 Å². The van der Waals surface area contributed by atoms with Crippen LogP contribution in [0.3, 0.4) is 0 Å². The quantitative estimate of drug-likeness (QED) is 0.623. The molecule has 29 heavy (non-hydrogen) atoms. The highest BCUT2D eigenvalue weighted by Crippen LogP contribution is 2.26. The molecule has 0 radical (unpaired) electrons. The number of benzene rings is 2. The Morgan fingerprint density at radius 3 is 2.66 bits per heavy atom. The summed E-state index contributed by atoms with van der Waals surface area (Å²) in [6, 6.07) is 9.70. The second-order valence-corrected chi connectivity index (χ2v) is 7.68. The topological polar surface area (TPSA) is 58.6 Å². The van der Waals surface area contributed by atoms with Gasteiger partial charge in [-0.15, -0.1) is 0 Å². The minimum absolute atomic E-state index is 0.00189. The first kappa shape index (κ1) is 21.4. The van der Waals surface area contributed by atoms with Crippen molar-refractivity contribution in [3.8, 4) is 5.75 Å². The fourth-order valence-corrected chi connectivity index (χ4v) is 3.41. The number of nitrogens with zero attached hydrogens (tertiary/aromatic N) is 1. The molecule has 0 unspecified atom stereocenters. The van der Waals surface area contributed by atoms with Gasteiger partial charge < -0.3 is 15.0 Å². The van der Waals surface area contributed by atoms with Crippen LogP contribution in [0.4, 0.5) is 4.39 Å². The van der Waals surface area contributed by atoms with Gasteiger partial charge >= 0.3 is 0 Å². The molecule has 0 aliphatic carbocycles. The first-order valence-corrected chi connectivity index (χ1v) is 10.1. The molecule has 154 valence electrons. The summed E-state index contributed by atoms with van der Waals surface area (Å²) in [5, 5.41) is 3.40. The van der Waals surface area contributed by atoms with E-state index in [1.165, 1.54) is 12.1 Å². The highest BCUT2D eigenvalue weighted by molar-refractivity contribution is 6.31. The van der Waals surface area contributed by atoms with E-state index in [1.54, 1.807) is 0 Å². The summed E-state index contributed by atoms with van der Waals surface area (Å²) in [4.78, 5) is 26.0. The Labute approximate surface area is 178 Å². The number of carbonyl (C=O) groups excluding carboxylic acids is 2. The molecule has 5 nitrogen and oxygen atoms in total. The van der Waals surface area contributed by atoms with Gasteiger partial charge in [0, 0.05) is 37.1 Å². The molecular formula is C21H21Cl2FN2O3. The van der Waals surface area contributed by atoms with Crippen LogP contribution in [0.5, 0.6) is 5.75 Å². The van der Waals surface area contributed by atoms with E-state index < -0.39 is 5.82 Å². The second-order valence-electron chi connectivity index (χ2n) is 6.83. The van der Waals surface area contributed by atoms with E-state index in [0.717, 1.165) is 17.2 Å². The zero-order valence-electron chi connectivity index (χ0n) is 15.7. The van der Waals surface area contributed by atoms with Crippen molar-refractivity contribution >= 4 is 35.0 Å². The molecule has 0 bridgehead atoms. The number of nitrogens with one attached hydrogen (secondary N) is 1. The Balaban J connectivity index is 1.29. The normalized spacial score (nSPS) is 12.6. The van der Waals surface area contributed by atoms with Gasteiger partial charge in [-0.25, -0.2) is 4.39 Å². The molecule has 2 aromatic rings. The maximum Gasteiger partial charge on any atom is 0.257 e. The van der Waals surface area contributed by atoms with Crippen molar-refractivity contribution < 1.29 is 18.7 Å². The van der Waals surface area contributed by atoms with Crippen molar-refractivity contribution in [1.29, 1.82) is 0 Å². The van der Waals surface area contributed by atoms with E-state index in [0.29, 0.717) is 43.9 Å². The SMILES string of the molecule is O=C(COc1ccc(Cl)c(F)c1)NCCCCC(=O)N1Cc2ccc(Cl)cc2C1. The Morgan fingerprint density at radius 2 is 1.86 bits per heavy atom. The van der Waals surface area contributed by atoms with Gasteiger partial charge in [-0.2, -0.15) is 0 Å². The summed E-state index contributed by atoms with van der Waals surface area (Å²) in [6.45, 7) is 1.44. The monoisotopic (exact) mass is 438 g/mol. The van der Waals surface area contributed by atoms with Crippen LogP contribution < -0.4 is 10.1 Å². The number of unbranched alkanes of at least 4 members (excludes halogenated alkanes) is 1. The third-order valence-corrected chi connectivity index (χ3v) is 5.19. The average Bonchev–Trinajstić information content (AvgIpc) is 3.11. The standard InChI is InChI=1S/C21H21Cl2FN2O3/c22-16-5-4-14-11-26(12-15(14)9-16)21(28)3-1-2-8-25-20(27)13-29-17-6-7-18(23)19(24)10-17/h4-7,9-10H,1-3,8,11-13H2,(H,25,27).